The van der Waals surface area contributed by atoms with Crippen LogP contribution in [0.2, 0.25) is 0 Å². The molecular weight excluding hydrogens is 580 g/mol. The van der Waals surface area contributed by atoms with E-state index in [1.807, 2.05) is 0 Å². The van der Waals surface area contributed by atoms with E-state index in [2.05, 4.69) is 10.6 Å². The van der Waals surface area contributed by atoms with Crippen molar-refractivity contribution in [3.8, 4) is 0 Å². The number of hydrogen-bond acceptors (Lipinski definition) is 18. The summed E-state index contributed by atoms with van der Waals surface area (Å²) >= 11 is 0. The molecule has 3 heterocycles. The topological polar surface area (TPSA) is 333 Å². The van der Waals surface area contributed by atoms with Gasteiger partial charge in [0.15, 0.2) is 6.29 Å². The standard InChI is InChI=1S/C24H44N6O13/c1-29-13-16(35)20-10(3-8(28)22(42-20)41-19-7(27)2-6(26)14(33)17(19)36)39-23(13)43-24-18(37)15(34)12(11(5-31)40-24)30-21(38)9(32)4-25/h6-17,19-20,22-23,29,31-37H,2-5,25-28H2,1H3,(H,30,38)/t6-,7?,8?,9+,10+,11?,12-,13?,14?,15?,16?,17?,19-,20?,22+,23?/m1/s1. The number of likely N-dealkylation sites (N-methyl/N-ethyl adjacent to an activating group) is 1. The zero-order chi connectivity index (χ0) is 31.7. The molecule has 0 aromatic rings. The van der Waals surface area contributed by atoms with Crippen molar-refractivity contribution in [2.75, 3.05) is 20.2 Å². The Kier molecular flexibility index (Phi) is 11.0. The second-order valence-electron chi connectivity index (χ2n) is 11.2. The molecule has 248 valence electrons. The molecule has 0 spiro atoms. The predicted octanol–water partition coefficient (Wildman–Crippen LogP) is -7.43. The van der Waals surface area contributed by atoms with Crippen molar-refractivity contribution in [2.24, 2.45) is 22.9 Å². The van der Waals surface area contributed by atoms with Gasteiger partial charge < -0.3 is 93.0 Å². The van der Waals surface area contributed by atoms with Crippen LogP contribution in [-0.4, -0.2) is 160 Å². The van der Waals surface area contributed by atoms with Crippen molar-refractivity contribution in [1.29, 1.82) is 0 Å². The number of carbonyl (C=O) groups is 1. The van der Waals surface area contributed by atoms with Gasteiger partial charge >= 0.3 is 5.95 Å². The van der Waals surface area contributed by atoms with Crippen molar-refractivity contribution in [1.82, 2.24) is 10.6 Å². The lowest BCUT2D eigenvalue weighted by Crippen LogP contribution is -2.69. The van der Waals surface area contributed by atoms with Crippen molar-refractivity contribution in [3.63, 3.8) is 0 Å². The van der Waals surface area contributed by atoms with E-state index < -0.39 is 128 Å². The fourth-order valence-corrected chi connectivity index (χ4v) is 5.73. The van der Waals surface area contributed by atoms with E-state index in [1.165, 1.54) is 7.05 Å². The van der Waals surface area contributed by atoms with Crippen molar-refractivity contribution >= 4 is 5.91 Å². The third-order valence-electron chi connectivity index (χ3n) is 8.26. The van der Waals surface area contributed by atoms with Gasteiger partial charge in [0.05, 0.1) is 30.9 Å². The van der Waals surface area contributed by atoms with E-state index in [0.717, 1.165) is 0 Å². The molecule has 10 unspecified atom stereocenters. The number of carbonyl (C=O) groups excluding carboxylic acids is 1. The van der Waals surface area contributed by atoms with Crippen LogP contribution < -0.4 is 33.6 Å². The van der Waals surface area contributed by atoms with Crippen LogP contribution in [0.3, 0.4) is 0 Å². The number of nitrogens with two attached hydrogens (primary N) is 4. The SMILES string of the molecule is CNC1C(OC2=C(O)C(O)[C@H](NC(=O)[C@@H](O)CN)C(CO)O2)O[C@H]2CC(N)[C@@H](O[C@@H]3C(N)C[C@@H](N)C(O)C3O)OC2C1O. The zero-order valence-electron chi connectivity index (χ0n) is 23.5. The second-order valence-corrected chi connectivity index (χ2v) is 11.2. The minimum atomic E-state index is -1.82. The Labute approximate surface area is 246 Å². The number of hydrogen-bond donors (Lipinski definition) is 13. The molecule has 0 radical (unpaired) electrons. The summed E-state index contributed by atoms with van der Waals surface area (Å²) in [4.78, 5) is 12.1. The Morgan fingerprint density at radius 3 is 2.33 bits per heavy atom. The molecule has 1 aliphatic carbocycles. The average Bonchev–Trinajstić information content (AvgIpc) is 2.97. The van der Waals surface area contributed by atoms with E-state index >= 15 is 0 Å². The maximum atomic E-state index is 12.1. The molecule has 0 aromatic heterocycles. The minimum absolute atomic E-state index is 0.0775. The third-order valence-corrected chi connectivity index (χ3v) is 8.26. The summed E-state index contributed by atoms with van der Waals surface area (Å²) in [6.45, 7) is -1.14. The molecule has 0 aromatic carbocycles. The number of ether oxygens (including phenoxy) is 5. The first kappa shape index (κ1) is 33.9. The molecule has 2 saturated heterocycles. The van der Waals surface area contributed by atoms with Gasteiger partial charge in [-0.1, -0.05) is 0 Å². The smallest absolute Gasteiger partial charge is 0.324 e. The summed E-state index contributed by atoms with van der Waals surface area (Å²) in [5.41, 5.74) is 23.5. The van der Waals surface area contributed by atoms with Crippen LogP contribution in [-0.2, 0) is 28.5 Å². The van der Waals surface area contributed by atoms with Gasteiger partial charge in [-0.15, -0.1) is 0 Å². The van der Waals surface area contributed by atoms with Crippen molar-refractivity contribution in [3.05, 3.63) is 11.7 Å². The third kappa shape index (κ3) is 6.84. The highest BCUT2D eigenvalue weighted by atomic mass is 16.8. The van der Waals surface area contributed by atoms with Crippen LogP contribution in [0.4, 0.5) is 0 Å². The Bertz CT molecular complexity index is 995. The lowest BCUT2D eigenvalue weighted by Gasteiger charge is -2.50. The fraction of sp³-hybridized carbons (Fsp3) is 0.875. The molecule has 1 saturated carbocycles. The van der Waals surface area contributed by atoms with Crippen LogP contribution in [0.5, 0.6) is 0 Å². The summed E-state index contributed by atoms with van der Waals surface area (Å²) in [5.74, 6) is -2.44. The molecule has 0 bridgehead atoms. The van der Waals surface area contributed by atoms with Gasteiger partial charge in [0.25, 0.3) is 5.91 Å². The number of aliphatic hydroxyl groups is 7. The van der Waals surface area contributed by atoms with Gasteiger partial charge in [-0.3, -0.25) is 4.79 Å². The highest BCUT2D eigenvalue weighted by Crippen LogP contribution is 2.36. The van der Waals surface area contributed by atoms with E-state index in [0.29, 0.717) is 0 Å². The van der Waals surface area contributed by atoms with Crippen LogP contribution >= 0.6 is 0 Å². The maximum absolute atomic E-state index is 12.1. The molecule has 3 aliphatic heterocycles. The first-order valence-corrected chi connectivity index (χ1v) is 14.0. The highest BCUT2D eigenvalue weighted by molar-refractivity contribution is 5.81. The number of amides is 1. The average molecular weight is 625 g/mol. The normalized spacial score (nSPS) is 46.0. The van der Waals surface area contributed by atoms with Crippen LogP contribution in [0.1, 0.15) is 12.8 Å². The molecule has 19 nitrogen and oxygen atoms in total. The largest absolute Gasteiger partial charge is 0.504 e. The lowest BCUT2D eigenvalue weighted by molar-refractivity contribution is -0.336. The van der Waals surface area contributed by atoms with Gasteiger partial charge in [0.2, 0.25) is 12.0 Å². The predicted molar refractivity (Wildman–Crippen MR) is 142 cm³/mol. The number of fused-ring (bicyclic) bond motifs is 1. The lowest BCUT2D eigenvalue weighted by atomic mass is 9.84. The monoisotopic (exact) mass is 624 g/mol. The van der Waals surface area contributed by atoms with Crippen LogP contribution in [0.15, 0.2) is 11.7 Å². The molecule has 16 atom stereocenters. The molecule has 17 N–H and O–H groups in total. The molecule has 3 fully saturated rings. The Morgan fingerprint density at radius 2 is 1.70 bits per heavy atom. The molecular formula is C24H44N6O13. The molecule has 1 amide bonds. The summed E-state index contributed by atoms with van der Waals surface area (Å²) in [7, 11) is 1.49. The number of aliphatic hydroxyl groups excluding tert-OH is 7. The first-order chi connectivity index (χ1) is 20.3. The van der Waals surface area contributed by atoms with Gasteiger partial charge in [0, 0.05) is 18.6 Å². The van der Waals surface area contributed by atoms with Gasteiger partial charge in [-0.05, 0) is 19.9 Å². The van der Waals surface area contributed by atoms with Crippen LogP contribution in [0, 0.1) is 0 Å². The van der Waals surface area contributed by atoms with E-state index in [1.54, 1.807) is 0 Å². The zero-order valence-corrected chi connectivity index (χ0v) is 23.5. The maximum Gasteiger partial charge on any atom is 0.324 e. The molecule has 43 heavy (non-hydrogen) atoms. The van der Waals surface area contributed by atoms with E-state index in [9.17, 15) is 40.5 Å². The Balaban J connectivity index is 1.46. The highest BCUT2D eigenvalue weighted by Gasteiger charge is 2.54. The summed E-state index contributed by atoms with van der Waals surface area (Å²) in [6, 6.07) is -4.67. The first-order valence-electron chi connectivity index (χ1n) is 14.0. The molecule has 4 aliphatic rings. The Hall–Kier alpha value is -1.95. The van der Waals surface area contributed by atoms with Gasteiger partial charge in [0.1, 0.15) is 48.8 Å². The van der Waals surface area contributed by atoms with E-state index in [4.69, 9.17) is 46.6 Å². The van der Waals surface area contributed by atoms with Crippen molar-refractivity contribution < 1.29 is 64.2 Å². The summed E-state index contributed by atoms with van der Waals surface area (Å²) in [6.07, 6.45) is -13.8. The van der Waals surface area contributed by atoms with Crippen molar-refractivity contribution in [2.45, 2.75) is 111 Å². The summed E-state index contributed by atoms with van der Waals surface area (Å²) < 4.78 is 29.1. The summed E-state index contributed by atoms with van der Waals surface area (Å²) in [5, 5.41) is 77.7. The molecule has 4 rings (SSSR count). The number of rotatable bonds is 9. The molecule has 19 heteroatoms. The van der Waals surface area contributed by atoms with Gasteiger partial charge in [-0.25, -0.2) is 0 Å². The minimum Gasteiger partial charge on any atom is -0.504 e. The second kappa shape index (κ2) is 14.0. The van der Waals surface area contributed by atoms with Gasteiger partial charge in [-0.2, -0.15) is 0 Å². The quantitative estimate of drug-likeness (QED) is 0.113. The fourth-order valence-electron chi connectivity index (χ4n) is 5.73. The number of nitrogens with one attached hydrogen (secondary N) is 2. The van der Waals surface area contributed by atoms with E-state index in [-0.39, 0.29) is 12.8 Å². The van der Waals surface area contributed by atoms with Crippen LogP contribution in [0.25, 0.3) is 0 Å². The Morgan fingerprint density at radius 1 is 1.00 bits per heavy atom.